The molecule has 2 aromatic carbocycles. The van der Waals surface area contributed by atoms with Crippen LogP contribution in [-0.4, -0.2) is 93.5 Å². The Morgan fingerprint density at radius 3 is 2.39 bits per heavy atom. The summed E-state index contributed by atoms with van der Waals surface area (Å²) in [5.41, 5.74) is 6.31. The molecule has 0 unspecified atom stereocenters. The number of imidazole rings is 1. The molecule has 11 heteroatoms. The molecule has 300 valence electrons. The molecule has 1 saturated heterocycles. The molecule has 2 amide bonds. The lowest BCUT2D eigenvalue weighted by atomic mass is 9.83. The number of nitrogens with zero attached hydrogens (tertiary/aromatic N) is 7. The van der Waals surface area contributed by atoms with E-state index < -0.39 is 5.82 Å². The standard InChI is InChI=1S/C36H46FN5O2.C10H10N2O/c1-4-7-27-12-16-32(17-13-27)40(3)36(44)34-23-31(37)24-38-35(34)42(26-43)33-9-5-8-30(22-33)29-14-10-28(11-15-29)25-41-19-6-18-39(2)20-21-41;1-7-4-3-5-10-11-9(8(2)13)6-12(7)10/h5,8-11,14-15,22-24,26-27,32H,4,6-7,12-13,16-21,25H2,1-3H3;3-6H,1-2H3. The van der Waals surface area contributed by atoms with Crippen molar-refractivity contribution in [2.75, 3.05) is 45.2 Å². The van der Waals surface area contributed by atoms with E-state index in [1.54, 1.807) is 24.2 Å². The average Bonchev–Trinajstić information content (AvgIpc) is 3.58. The Bertz CT molecular complexity index is 2140. The van der Waals surface area contributed by atoms with Gasteiger partial charge in [0.2, 0.25) is 6.41 Å². The van der Waals surface area contributed by atoms with Crippen LogP contribution in [0.1, 0.15) is 90.9 Å². The number of carbonyl (C=O) groups excluding carboxylic acids is 3. The Balaban J connectivity index is 0.000000355. The van der Waals surface area contributed by atoms with Gasteiger partial charge in [0.05, 0.1) is 17.4 Å². The number of pyridine rings is 2. The third-order valence-electron chi connectivity index (χ3n) is 11.5. The number of benzene rings is 2. The summed E-state index contributed by atoms with van der Waals surface area (Å²) in [5, 5.41) is 0. The van der Waals surface area contributed by atoms with Crippen LogP contribution >= 0.6 is 0 Å². The molecule has 10 nitrogen and oxygen atoms in total. The first-order chi connectivity index (χ1) is 27.5. The van der Waals surface area contributed by atoms with Crippen LogP contribution in [-0.2, 0) is 11.3 Å². The van der Waals surface area contributed by atoms with Gasteiger partial charge in [0.1, 0.15) is 17.2 Å². The van der Waals surface area contributed by atoms with E-state index in [9.17, 15) is 18.8 Å². The Hall–Kier alpha value is -5.26. The topological polar surface area (TPSA) is 94.4 Å². The normalized spacial score (nSPS) is 17.6. The monoisotopic (exact) mass is 773 g/mol. The van der Waals surface area contributed by atoms with Crippen LogP contribution < -0.4 is 4.90 Å². The number of rotatable bonds is 11. The smallest absolute Gasteiger partial charge is 0.257 e. The predicted molar refractivity (Wildman–Crippen MR) is 224 cm³/mol. The molecule has 57 heavy (non-hydrogen) atoms. The minimum atomic E-state index is -0.607. The minimum absolute atomic E-state index is 0.00287. The second kappa shape index (κ2) is 19.3. The third-order valence-corrected chi connectivity index (χ3v) is 11.5. The van der Waals surface area contributed by atoms with Gasteiger partial charge in [-0.2, -0.15) is 0 Å². The van der Waals surface area contributed by atoms with E-state index in [4.69, 9.17) is 0 Å². The van der Waals surface area contributed by atoms with Crippen molar-refractivity contribution in [3.63, 3.8) is 0 Å². The van der Waals surface area contributed by atoms with Gasteiger partial charge in [-0.05, 0) is 112 Å². The second-order valence-electron chi connectivity index (χ2n) is 15.6. The molecule has 3 aromatic heterocycles. The number of aromatic nitrogens is 3. The Morgan fingerprint density at radius 2 is 1.68 bits per heavy atom. The fraction of sp³-hybridized carbons (Fsp3) is 0.413. The molecule has 0 atom stereocenters. The molecule has 1 aliphatic heterocycles. The van der Waals surface area contributed by atoms with Crippen molar-refractivity contribution in [2.24, 2.45) is 5.92 Å². The van der Waals surface area contributed by atoms with Gasteiger partial charge in [-0.3, -0.25) is 24.2 Å². The lowest BCUT2D eigenvalue weighted by molar-refractivity contribution is -0.106. The zero-order valence-corrected chi connectivity index (χ0v) is 34.0. The maximum atomic E-state index is 14.5. The maximum Gasteiger partial charge on any atom is 0.257 e. The second-order valence-corrected chi connectivity index (χ2v) is 15.6. The van der Waals surface area contributed by atoms with Gasteiger partial charge >= 0.3 is 0 Å². The number of hydrogen-bond donors (Lipinski definition) is 0. The largest absolute Gasteiger partial charge is 0.339 e. The van der Waals surface area contributed by atoms with Gasteiger partial charge in [0, 0.05) is 51.5 Å². The number of ketones is 1. The number of halogens is 1. The first-order valence-corrected chi connectivity index (χ1v) is 20.3. The molecule has 2 aliphatic rings. The Morgan fingerprint density at radius 1 is 0.930 bits per heavy atom. The molecule has 1 aliphatic carbocycles. The van der Waals surface area contributed by atoms with E-state index in [0.29, 0.717) is 23.7 Å². The summed E-state index contributed by atoms with van der Waals surface area (Å²) in [6.45, 7) is 11.0. The molecule has 2 fully saturated rings. The van der Waals surface area contributed by atoms with Crippen LogP contribution in [0.4, 0.5) is 15.9 Å². The first kappa shape index (κ1) is 41.4. The zero-order valence-electron chi connectivity index (χ0n) is 34.0. The van der Waals surface area contributed by atoms with Crippen LogP contribution in [0, 0.1) is 18.7 Å². The summed E-state index contributed by atoms with van der Waals surface area (Å²) < 4.78 is 16.4. The average molecular weight is 774 g/mol. The van der Waals surface area contributed by atoms with E-state index in [1.807, 2.05) is 47.7 Å². The van der Waals surface area contributed by atoms with E-state index in [2.05, 4.69) is 58.0 Å². The van der Waals surface area contributed by atoms with E-state index >= 15 is 0 Å². The maximum absolute atomic E-state index is 14.5. The van der Waals surface area contributed by atoms with Crippen LogP contribution in [0.5, 0.6) is 0 Å². The molecule has 4 heterocycles. The van der Waals surface area contributed by atoms with E-state index in [-0.39, 0.29) is 29.1 Å². The predicted octanol–water partition coefficient (Wildman–Crippen LogP) is 8.60. The van der Waals surface area contributed by atoms with Gasteiger partial charge < -0.3 is 14.2 Å². The molecule has 0 bridgehead atoms. The molecule has 0 radical (unpaired) electrons. The quantitative estimate of drug-likeness (QED) is 0.0981. The SMILES string of the molecule is CC(=O)c1cn2c(C)cccc2n1.CCCC1CCC(N(C)C(=O)c2cc(F)cnc2N(C=O)c2cccc(-c3ccc(CN4CCCN(C)CC4)cc3)c2)CC1. The van der Waals surface area contributed by atoms with Gasteiger partial charge in [0.15, 0.2) is 11.6 Å². The van der Waals surface area contributed by atoms with Crippen LogP contribution in [0.15, 0.2) is 85.2 Å². The number of amides is 2. The molecule has 1 saturated carbocycles. The lowest BCUT2D eigenvalue weighted by Crippen LogP contribution is -2.40. The van der Waals surface area contributed by atoms with E-state index in [1.165, 1.54) is 42.7 Å². The first-order valence-electron chi connectivity index (χ1n) is 20.3. The lowest BCUT2D eigenvalue weighted by Gasteiger charge is -2.35. The van der Waals surface area contributed by atoms with Gasteiger partial charge in [-0.1, -0.05) is 62.2 Å². The number of hydrogen-bond acceptors (Lipinski definition) is 7. The van der Waals surface area contributed by atoms with Crippen molar-refractivity contribution in [1.29, 1.82) is 0 Å². The number of anilines is 2. The van der Waals surface area contributed by atoms with Crippen molar-refractivity contribution >= 4 is 35.3 Å². The highest BCUT2D eigenvalue weighted by Gasteiger charge is 2.30. The summed E-state index contributed by atoms with van der Waals surface area (Å²) >= 11 is 0. The highest BCUT2D eigenvalue weighted by Crippen LogP contribution is 2.34. The van der Waals surface area contributed by atoms with Gasteiger partial charge in [-0.25, -0.2) is 14.4 Å². The number of fused-ring (bicyclic) bond motifs is 1. The number of likely N-dealkylation sites (N-methyl/N-ethyl adjacent to an activating group) is 1. The minimum Gasteiger partial charge on any atom is -0.339 e. The third kappa shape index (κ3) is 10.4. The highest BCUT2D eigenvalue weighted by atomic mass is 19.1. The van der Waals surface area contributed by atoms with Crippen molar-refractivity contribution in [3.05, 3.63) is 114 Å². The molecular formula is C46H56FN7O3. The molecule has 7 rings (SSSR count). The van der Waals surface area contributed by atoms with Gasteiger partial charge in [0.25, 0.3) is 5.91 Å². The summed E-state index contributed by atoms with van der Waals surface area (Å²) in [7, 11) is 3.96. The van der Waals surface area contributed by atoms with Crippen molar-refractivity contribution < 1.29 is 18.8 Å². The summed E-state index contributed by atoms with van der Waals surface area (Å²) in [6.07, 6.45) is 11.1. The fourth-order valence-electron chi connectivity index (χ4n) is 8.07. The highest BCUT2D eigenvalue weighted by molar-refractivity contribution is 6.03. The van der Waals surface area contributed by atoms with Crippen LogP contribution in [0.2, 0.25) is 0 Å². The number of Topliss-reactive ketones (excluding diaryl/α,β-unsaturated/α-hetero) is 1. The zero-order chi connectivity index (χ0) is 40.5. The van der Waals surface area contributed by atoms with Crippen molar-refractivity contribution in [3.8, 4) is 11.1 Å². The summed E-state index contributed by atoms with van der Waals surface area (Å²) in [6, 6.07) is 23.2. The molecule has 0 spiro atoms. The van der Waals surface area contributed by atoms with E-state index in [0.717, 1.165) is 87.1 Å². The summed E-state index contributed by atoms with van der Waals surface area (Å²) in [5.74, 6) is -0.0806. The Labute approximate surface area is 336 Å². The molecular weight excluding hydrogens is 718 g/mol. The van der Waals surface area contributed by atoms with Crippen LogP contribution in [0.25, 0.3) is 16.8 Å². The number of aryl methyl sites for hydroxylation is 1. The molecule has 5 aromatic rings. The van der Waals surface area contributed by atoms with Crippen molar-refractivity contribution in [2.45, 2.75) is 78.3 Å². The van der Waals surface area contributed by atoms with Crippen molar-refractivity contribution in [1.82, 2.24) is 29.1 Å². The molecule has 0 N–H and O–H groups in total. The summed E-state index contributed by atoms with van der Waals surface area (Å²) in [4.78, 5) is 53.7. The fourth-order valence-corrected chi connectivity index (χ4v) is 8.07. The van der Waals surface area contributed by atoms with Gasteiger partial charge in [-0.15, -0.1) is 0 Å². The number of carbonyl (C=O) groups is 3. The Kier molecular flexibility index (Phi) is 14.0. The van der Waals surface area contributed by atoms with Crippen LogP contribution in [0.3, 0.4) is 0 Å².